The van der Waals surface area contributed by atoms with Gasteiger partial charge in [0, 0.05) is 24.8 Å². The number of amides is 3. The summed E-state index contributed by atoms with van der Waals surface area (Å²) in [6.45, 7) is 2.37. The molecule has 6 nitrogen and oxygen atoms in total. The van der Waals surface area contributed by atoms with Gasteiger partial charge in [-0.3, -0.25) is 19.3 Å². The van der Waals surface area contributed by atoms with Gasteiger partial charge in [-0.1, -0.05) is 19.4 Å². The molecule has 2 aromatic rings. The first kappa shape index (κ1) is 18.3. The molecule has 6 heteroatoms. The molecule has 1 heterocycles. The monoisotopic (exact) mass is 361 g/mol. The molecule has 0 saturated heterocycles. The van der Waals surface area contributed by atoms with Crippen molar-refractivity contribution in [2.45, 2.75) is 19.8 Å². The Hall–Kier alpha value is -3.46. The summed E-state index contributed by atoms with van der Waals surface area (Å²) in [6.07, 6.45) is 1.62. The van der Waals surface area contributed by atoms with Gasteiger partial charge in [0.1, 0.15) is 0 Å². The first-order valence-electron chi connectivity index (χ1n) is 8.76. The number of nitriles is 1. The van der Waals surface area contributed by atoms with Gasteiger partial charge < -0.3 is 4.90 Å². The molecule has 27 heavy (non-hydrogen) atoms. The number of rotatable bonds is 5. The first-order valence-corrected chi connectivity index (χ1v) is 8.76. The van der Waals surface area contributed by atoms with Crippen LogP contribution in [0.4, 0.5) is 5.69 Å². The zero-order valence-electron chi connectivity index (χ0n) is 15.2. The Morgan fingerprint density at radius 1 is 1.11 bits per heavy atom. The smallest absolute Gasteiger partial charge is 0.261 e. The molecule has 3 amide bonds. The molecule has 0 fully saturated rings. The number of benzene rings is 2. The highest BCUT2D eigenvalue weighted by atomic mass is 16.2. The van der Waals surface area contributed by atoms with E-state index in [0.717, 1.165) is 12.8 Å². The summed E-state index contributed by atoms with van der Waals surface area (Å²) >= 11 is 0. The van der Waals surface area contributed by atoms with Gasteiger partial charge in [-0.2, -0.15) is 5.26 Å². The minimum absolute atomic E-state index is 0.265. The van der Waals surface area contributed by atoms with Gasteiger partial charge in [-0.05, 0) is 42.8 Å². The fourth-order valence-electron chi connectivity index (χ4n) is 3.04. The summed E-state index contributed by atoms with van der Waals surface area (Å²) in [5.74, 6) is -0.982. The standard InChI is InChI=1S/C21H19N3O3/c1-3-4-10-24-20(26)17-9-8-15(12-18(17)21(24)27)19(25)23(2)16-7-5-6-14(11-16)13-22/h5-9,11-12H,3-4,10H2,1-2H3. The zero-order valence-corrected chi connectivity index (χ0v) is 15.2. The third-order valence-corrected chi connectivity index (χ3v) is 4.62. The van der Waals surface area contributed by atoms with Crippen molar-refractivity contribution in [2.75, 3.05) is 18.5 Å². The summed E-state index contributed by atoms with van der Waals surface area (Å²) in [5.41, 5.74) is 1.94. The van der Waals surface area contributed by atoms with Gasteiger partial charge in [0.25, 0.3) is 17.7 Å². The molecule has 0 bridgehead atoms. The number of carbonyl (C=O) groups excluding carboxylic acids is 3. The molecule has 1 aliphatic rings. The Balaban J connectivity index is 1.88. The van der Waals surface area contributed by atoms with Gasteiger partial charge in [-0.15, -0.1) is 0 Å². The lowest BCUT2D eigenvalue weighted by molar-refractivity contribution is 0.0652. The van der Waals surface area contributed by atoms with Crippen molar-refractivity contribution in [3.8, 4) is 6.07 Å². The van der Waals surface area contributed by atoms with E-state index >= 15 is 0 Å². The number of hydrogen-bond acceptors (Lipinski definition) is 4. The van der Waals surface area contributed by atoms with E-state index in [1.54, 1.807) is 37.4 Å². The third-order valence-electron chi connectivity index (χ3n) is 4.62. The van der Waals surface area contributed by atoms with Crippen molar-refractivity contribution in [1.29, 1.82) is 5.26 Å². The van der Waals surface area contributed by atoms with Gasteiger partial charge in [0.05, 0.1) is 22.8 Å². The number of imide groups is 1. The number of carbonyl (C=O) groups is 3. The molecule has 136 valence electrons. The van der Waals surface area contributed by atoms with Crippen LogP contribution in [0.1, 0.15) is 56.4 Å². The molecule has 0 spiro atoms. The fraction of sp³-hybridized carbons (Fsp3) is 0.238. The maximum atomic E-state index is 12.8. The molecule has 0 unspecified atom stereocenters. The Morgan fingerprint density at radius 3 is 2.56 bits per heavy atom. The van der Waals surface area contributed by atoms with E-state index in [1.165, 1.54) is 21.9 Å². The van der Waals surface area contributed by atoms with E-state index in [4.69, 9.17) is 5.26 Å². The molecule has 0 aromatic heterocycles. The van der Waals surface area contributed by atoms with Crippen molar-refractivity contribution in [2.24, 2.45) is 0 Å². The second-order valence-electron chi connectivity index (χ2n) is 6.40. The number of unbranched alkanes of at least 4 members (excludes halogenated alkanes) is 1. The molecule has 0 aliphatic carbocycles. The quantitative estimate of drug-likeness (QED) is 0.766. The van der Waals surface area contributed by atoms with Crippen LogP contribution in [0.5, 0.6) is 0 Å². The summed E-state index contributed by atoms with van der Waals surface area (Å²) in [4.78, 5) is 40.4. The van der Waals surface area contributed by atoms with Crippen LogP contribution in [0.15, 0.2) is 42.5 Å². The van der Waals surface area contributed by atoms with E-state index < -0.39 is 0 Å². The van der Waals surface area contributed by atoms with Crippen molar-refractivity contribution >= 4 is 23.4 Å². The van der Waals surface area contributed by atoms with Gasteiger partial charge in [-0.25, -0.2) is 0 Å². The van der Waals surface area contributed by atoms with E-state index in [0.29, 0.717) is 28.9 Å². The lowest BCUT2D eigenvalue weighted by Gasteiger charge is -2.17. The zero-order chi connectivity index (χ0) is 19.6. The Morgan fingerprint density at radius 2 is 1.85 bits per heavy atom. The largest absolute Gasteiger partial charge is 0.311 e. The molecular formula is C21H19N3O3. The highest BCUT2D eigenvalue weighted by molar-refractivity contribution is 6.22. The van der Waals surface area contributed by atoms with Crippen LogP contribution < -0.4 is 4.90 Å². The predicted octanol–water partition coefficient (Wildman–Crippen LogP) is 3.23. The Bertz CT molecular complexity index is 975. The average molecular weight is 361 g/mol. The number of anilines is 1. The number of nitrogens with zero attached hydrogens (tertiary/aromatic N) is 3. The minimum atomic E-state index is -0.354. The second-order valence-corrected chi connectivity index (χ2v) is 6.40. The van der Waals surface area contributed by atoms with Crippen LogP contribution in [0.25, 0.3) is 0 Å². The number of fused-ring (bicyclic) bond motifs is 1. The van der Waals surface area contributed by atoms with Crippen molar-refractivity contribution in [1.82, 2.24) is 4.90 Å². The summed E-state index contributed by atoms with van der Waals surface area (Å²) in [5, 5.41) is 9.02. The van der Waals surface area contributed by atoms with Crippen molar-refractivity contribution in [3.05, 3.63) is 64.7 Å². The van der Waals surface area contributed by atoms with Crippen LogP contribution in [0.3, 0.4) is 0 Å². The second kappa shape index (κ2) is 7.42. The van der Waals surface area contributed by atoms with Gasteiger partial charge >= 0.3 is 0 Å². The summed E-state index contributed by atoms with van der Waals surface area (Å²) in [6, 6.07) is 13.3. The lowest BCUT2D eigenvalue weighted by atomic mass is 10.0. The van der Waals surface area contributed by atoms with Crippen LogP contribution in [0, 0.1) is 11.3 Å². The van der Waals surface area contributed by atoms with Crippen molar-refractivity contribution in [3.63, 3.8) is 0 Å². The van der Waals surface area contributed by atoms with E-state index in [1.807, 2.05) is 13.0 Å². The normalized spacial score (nSPS) is 12.7. The summed E-state index contributed by atoms with van der Waals surface area (Å²) < 4.78 is 0. The van der Waals surface area contributed by atoms with Gasteiger partial charge in [0.15, 0.2) is 0 Å². The number of hydrogen-bond donors (Lipinski definition) is 0. The highest BCUT2D eigenvalue weighted by Crippen LogP contribution is 2.26. The predicted molar refractivity (Wildman–Crippen MR) is 101 cm³/mol. The highest BCUT2D eigenvalue weighted by Gasteiger charge is 2.35. The molecule has 3 rings (SSSR count). The molecule has 0 atom stereocenters. The van der Waals surface area contributed by atoms with Crippen LogP contribution in [-0.2, 0) is 0 Å². The minimum Gasteiger partial charge on any atom is -0.311 e. The third kappa shape index (κ3) is 3.32. The fourth-order valence-corrected chi connectivity index (χ4v) is 3.04. The van der Waals surface area contributed by atoms with Crippen LogP contribution in [-0.4, -0.2) is 36.2 Å². The molecule has 0 N–H and O–H groups in total. The summed E-state index contributed by atoms with van der Waals surface area (Å²) in [7, 11) is 1.60. The van der Waals surface area contributed by atoms with E-state index in [2.05, 4.69) is 0 Å². The molecule has 1 aliphatic heterocycles. The van der Waals surface area contributed by atoms with E-state index in [9.17, 15) is 14.4 Å². The average Bonchev–Trinajstić information content (AvgIpc) is 2.94. The molecule has 0 saturated carbocycles. The van der Waals surface area contributed by atoms with Gasteiger partial charge in [0.2, 0.25) is 0 Å². The Labute approximate surface area is 157 Å². The van der Waals surface area contributed by atoms with E-state index in [-0.39, 0.29) is 23.3 Å². The molecule has 2 aromatic carbocycles. The topological polar surface area (TPSA) is 81.5 Å². The van der Waals surface area contributed by atoms with Crippen molar-refractivity contribution < 1.29 is 14.4 Å². The maximum Gasteiger partial charge on any atom is 0.261 e. The molecular weight excluding hydrogens is 342 g/mol. The van der Waals surface area contributed by atoms with Crippen LogP contribution >= 0.6 is 0 Å². The maximum absolute atomic E-state index is 12.8. The Kier molecular flexibility index (Phi) is 5.04. The first-order chi connectivity index (χ1) is 13.0. The lowest BCUT2D eigenvalue weighted by Crippen LogP contribution is -2.30. The SMILES string of the molecule is CCCCN1C(=O)c2ccc(C(=O)N(C)c3cccc(C#N)c3)cc2C1=O. The van der Waals surface area contributed by atoms with Crippen LogP contribution in [0.2, 0.25) is 0 Å². The molecule has 0 radical (unpaired) electrons.